The average molecular weight is 478 g/mol. The van der Waals surface area contributed by atoms with Gasteiger partial charge in [0.2, 0.25) is 5.91 Å². The van der Waals surface area contributed by atoms with Gasteiger partial charge in [0.25, 0.3) is 5.69 Å². The lowest BCUT2D eigenvalue weighted by Gasteiger charge is -2.10. The maximum absolute atomic E-state index is 13.3. The Balaban J connectivity index is 1.60. The molecule has 0 aliphatic rings. The fraction of sp³-hybridized carbons (Fsp3) is 0.150. The Hall–Kier alpha value is -3.44. The van der Waals surface area contributed by atoms with Crippen LogP contribution >= 0.6 is 23.4 Å². The summed E-state index contributed by atoms with van der Waals surface area (Å²) in [7, 11) is 0. The zero-order chi connectivity index (χ0) is 23.1. The molecular weight excluding hydrogens is 461 g/mol. The summed E-state index contributed by atoms with van der Waals surface area (Å²) in [4.78, 5) is 22.4. The van der Waals surface area contributed by atoms with Gasteiger partial charge < -0.3 is 10.1 Å². The van der Waals surface area contributed by atoms with E-state index in [4.69, 9.17) is 16.3 Å². The van der Waals surface area contributed by atoms with E-state index in [1.807, 2.05) is 0 Å². The zero-order valence-corrected chi connectivity index (χ0v) is 18.1. The van der Waals surface area contributed by atoms with Crippen molar-refractivity contribution in [1.82, 2.24) is 14.8 Å². The van der Waals surface area contributed by atoms with Gasteiger partial charge in [-0.3, -0.25) is 19.5 Å². The van der Waals surface area contributed by atoms with Crippen molar-refractivity contribution in [3.8, 4) is 5.75 Å². The number of aromatic nitrogens is 3. The number of hydrogen-bond donors (Lipinski definition) is 1. The Labute approximate surface area is 191 Å². The number of non-ortho nitro benzene ring substituents is 1. The maximum Gasteiger partial charge on any atom is 0.269 e. The summed E-state index contributed by atoms with van der Waals surface area (Å²) in [5, 5.41) is 22.0. The molecule has 0 spiro atoms. The SMILES string of the molecule is C=CCn1c(COc2ccc(F)c(Cl)c2)nnc1SCC(=O)Nc1ccc([N+](=O)[O-])cc1. The summed E-state index contributed by atoms with van der Waals surface area (Å²) in [6.45, 7) is 4.16. The molecule has 0 radical (unpaired) electrons. The highest BCUT2D eigenvalue weighted by molar-refractivity contribution is 7.99. The monoisotopic (exact) mass is 477 g/mol. The smallest absolute Gasteiger partial charge is 0.269 e. The van der Waals surface area contributed by atoms with Gasteiger partial charge in [0.1, 0.15) is 18.2 Å². The van der Waals surface area contributed by atoms with Crippen LogP contribution in [0.2, 0.25) is 5.02 Å². The molecule has 0 saturated heterocycles. The highest BCUT2D eigenvalue weighted by atomic mass is 35.5. The van der Waals surface area contributed by atoms with Gasteiger partial charge >= 0.3 is 0 Å². The van der Waals surface area contributed by atoms with Crippen LogP contribution in [-0.2, 0) is 17.9 Å². The third-order valence-electron chi connectivity index (χ3n) is 4.06. The largest absolute Gasteiger partial charge is 0.486 e. The number of nitrogens with zero attached hydrogens (tertiary/aromatic N) is 4. The molecule has 0 saturated carbocycles. The normalized spacial score (nSPS) is 10.6. The molecule has 0 aliphatic carbocycles. The molecule has 1 heterocycles. The number of benzene rings is 2. The van der Waals surface area contributed by atoms with Crippen molar-refractivity contribution in [2.24, 2.45) is 0 Å². The lowest BCUT2D eigenvalue weighted by atomic mass is 10.3. The predicted octanol–water partition coefficient (Wildman–Crippen LogP) is 4.47. The Morgan fingerprint density at radius 2 is 2.06 bits per heavy atom. The number of nitro groups is 1. The Morgan fingerprint density at radius 1 is 1.31 bits per heavy atom. The molecular formula is C20H17ClFN5O4S. The first-order chi connectivity index (χ1) is 15.4. The van der Waals surface area contributed by atoms with Crippen molar-refractivity contribution in [2.75, 3.05) is 11.1 Å². The van der Waals surface area contributed by atoms with Crippen LogP contribution in [0.25, 0.3) is 0 Å². The fourth-order valence-corrected chi connectivity index (χ4v) is 3.49. The first-order valence-corrected chi connectivity index (χ1v) is 10.5. The number of carbonyl (C=O) groups is 1. The van der Waals surface area contributed by atoms with Crippen molar-refractivity contribution >= 4 is 40.6 Å². The molecule has 166 valence electrons. The molecule has 1 N–H and O–H groups in total. The molecule has 1 aromatic heterocycles. The summed E-state index contributed by atoms with van der Waals surface area (Å²) in [6, 6.07) is 9.55. The van der Waals surface area contributed by atoms with Crippen LogP contribution in [0, 0.1) is 15.9 Å². The second-order valence-corrected chi connectivity index (χ2v) is 7.65. The van der Waals surface area contributed by atoms with Crippen molar-refractivity contribution in [1.29, 1.82) is 0 Å². The van der Waals surface area contributed by atoms with E-state index in [0.29, 0.717) is 29.0 Å². The van der Waals surface area contributed by atoms with Crippen molar-refractivity contribution < 1.29 is 18.8 Å². The highest BCUT2D eigenvalue weighted by Gasteiger charge is 2.15. The molecule has 3 rings (SSSR count). The number of rotatable bonds is 10. The summed E-state index contributed by atoms with van der Waals surface area (Å²) >= 11 is 6.92. The van der Waals surface area contributed by atoms with Gasteiger partial charge in [0.15, 0.2) is 11.0 Å². The number of carbonyl (C=O) groups excluding carboxylic acids is 1. The number of thioether (sulfide) groups is 1. The molecule has 2 aromatic carbocycles. The standard InChI is InChI=1S/C20H17ClFN5O4S/c1-2-9-26-18(11-31-15-7-8-17(22)16(21)10-15)24-25-20(26)32-12-19(28)23-13-3-5-14(6-4-13)27(29)30/h2-8,10H,1,9,11-12H2,(H,23,28). The van der Waals surface area contributed by atoms with Gasteiger partial charge in [0, 0.05) is 30.4 Å². The van der Waals surface area contributed by atoms with Crippen LogP contribution < -0.4 is 10.1 Å². The predicted molar refractivity (Wildman–Crippen MR) is 118 cm³/mol. The van der Waals surface area contributed by atoms with Crippen molar-refractivity contribution in [3.63, 3.8) is 0 Å². The number of anilines is 1. The lowest BCUT2D eigenvalue weighted by Crippen LogP contribution is -2.15. The van der Waals surface area contributed by atoms with Crippen LogP contribution in [0.15, 0.2) is 60.3 Å². The Morgan fingerprint density at radius 3 is 2.72 bits per heavy atom. The van der Waals surface area contributed by atoms with E-state index >= 15 is 0 Å². The minimum atomic E-state index is -0.542. The van der Waals surface area contributed by atoms with Crippen LogP contribution in [0.5, 0.6) is 5.75 Å². The van der Waals surface area contributed by atoms with Gasteiger partial charge in [-0.05, 0) is 24.3 Å². The Bertz CT molecular complexity index is 1140. The first kappa shape index (κ1) is 23.2. The van der Waals surface area contributed by atoms with Crippen molar-refractivity contribution in [3.05, 3.63) is 81.9 Å². The summed E-state index contributed by atoms with van der Waals surface area (Å²) < 4.78 is 20.6. The topological polar surface area (TPSA) is 112 Å². The Kier molecular flexibility index (Phi) is 7.79. The molecule has 0 atom stereocenters. The molecule has 0 fully saturated rings. The summed E-state index contributed by atoms with van der Waals surface area (Å²) in [6.07, 6.45) is 1.66. The highest BCUT2D eigenvalue weighted by Crippen LogP contribution is 2.23. The number of halogens is 2. The molecule has 9 nitrogen and oxygen atoms in total. The summed E-state index contributed by atoms with van der Waals surface area (Å²) in [5.41, 5.74) is 0.383. The average Bonchev–Trinajstić information content (AvgIpc) is 3.15. The van der Waals surface area contributed by atoms with Crippen LogP contribution in [0.4, 0.5) is 15.8 Å². The molecule has 32 heavy (non-hydrogen) atoms. The van der Waals surface area contributed by atoms with Crippen LogP contribution in [-0.4, -0.2) is 31.3 Å². The van der Waals surface area contributed by atoms with Crippen LogP contribution in [0.1, 0.15) is 5.82 Å². The second kappa shape index (κ2) is 10.7. The molecule has 1 amide bonds. The number of ether oxygens (including phenoxy) is 1. The summed E-state index contributed by atoms with van der Waals surface area (Å²) in [5.74, 6) is 0.0564. The van der Waals surface area contributed by atoms with Gasteiger partial charge in [0.05, 0.1) is 15.7 Å². The number of nitrogens with one attached hydrogen (secondary N) is 1. The number of nitro benzene ring substituents is 1. The van der Waals surface area contributed by atoms with E-state index in [-0.39, 0.29) is 29.0 Å². The number of hydrogen-bond acceptors (Lipinski definition) is 7. The zero-order valence-electron chi connectivity index (χ0n) is 16.5. The van der Waals surface area contributed by atoms with Crippen molar-refractivity contribution in [2.45, 2.75) is 18.3 Å². The van der Waals surface area contributed by atoms with E-state index in [1.165, 1.54) is 42.5 Å². The molecule has 12 heteroatoms. The van der Waals surface area contributed by atoms with Crippen LogP contribution in [0.3, 0.4) is 0 Å². The third kappa shape index (κ3) is 6.05. The lowest BCUT2D eigenvalue weighted by molar-refractivity contribution is -0.384. The van der Waals surface area contributed by atoms with Gasteiger partial charge in [-0.25, -0.2) is 4.39 Å². The van der Waals surface area contributed by atoms with E-state index < -0.39 is 10.7 Å². The van der Waals surface area contributed by atoms with E-state index in [1.54, 1.807) is 10.6 Å². The van der Waals surface area contributed by atoms with E-state index in [2.05, 4.69) is 22.1 Å². The van der Waals surface area contributed by atoms with Gasteiger partial charge in [-0.2, -0.15) is 0 Å². The molecule has 3 aromatic rings. The quantitative estimate of drug-likeness (QED) is 0.198. The van der Waals surface area contributed by atoms with E-state index in [9.17, 15) is 19.3 Å². The maximum atomic E-state index is 13.3. The van der Waals surface area contributed by atoms with E-state index in [0.717, 1.165) is 11.8 Å². The van der Waals surface area contributed by atoms with Gasteiger partial charge in [-0.1, -0.05) is 29.4 Å². The molecule has 0 bridgehead atoms. The fourth-order valence-electron chi connectivity index (χ4n) is 2.55. The first-order valence-electron chi connectivity index (χ1n) is 9.15. The van der Waals surface area contributed by atoms with Gasteiger partial charge in [-0.15, -0.1) is 16.8 Å². The third-order valence-corrected chi connectivity index (χ3v) is 5.31. The minimum absolute atomic E-state index is 0.0424. The second-order valence-electron chi connectivity index (χ2n) is 6.30. The number of amides is 1. The molecule has 0 aliphatic heterocycles. The molecule has 0 unspecified atom stereocenters. The minimum Gasteiger partial charge on any atom is -0.486 e. The number of allylic oxidation sites excluding steroid dienone is 1.